The Hall–Kier alpha value is -2.62. The van der Waals surface area contributed by atoms with Crippen LogP contribution in [-0.4, -0.2) is 76.7 Å². The molecule has 0 radical (unpaired) electrons. The van der Waals surface area contributed by atoms with Crippen LogP contribution in [0, 0.1) is 5.92 Å². The van der Waals surface area contributed by atoms with Crippen LogP contribution >= 0.6 is 0 Å². The van der Waals surface area contributed by atoms with E-state index in [4.69, 9.17) is 9.47 Å². The Labute approximate surface area is 209 Å². The Morgan fingerprint density at radius 1 is 1.11 bits per heavy atom. The van der Waals surface area contributed by atoms with E-state index < -0.39 is 10.0 Å². The number of fused-ring (bicyclic) bond motifs is 1. The fourth-order valence-corrected chi connectivity index (χ4v) is 5.40. The van der Waals surface area contributed by atoms with Gasteiger partial charge in [-0.25, -0.2) is 8.42 Å². The minimum absolute atomic E-state index is 0.131. The van der Waals surface area contributed by atoms with Gasteiger partial charge in [-0.15, -0.1) is 0 Å². The van der Waals surface area contributed by atoms with Crippen LogP contribution < -0.4 is 9.46 Å². The van der Waals surface area contributed by atoms with Gasteiger partial charge in [-0.05, 0) is 56.1 Å². The quantitative estimate of drug-likeness (QED) is 0.647. The van der Waals surface area contributed by atoms with Crippen molar-refractivity contribution >= 4 is 21.6 Å². The van der Waals surface area contributed by atoms with Crippen LogP contribution in [0.1, 0.15) is 37.6 Å². The van der Waals surface area contributed by atoms with Crippen LogP contribution in [0.5, 0.6) is 5.75 Å². The number of ether oxygens (including phenoxy) is 2. The molecule has 1 heterocycles. The fraction of sp³-hybridized carbons (Fsp3) is 0.500. The van der Waals surface area contributed by atoms with Crippen LogP contribution in [0.2, 0.25) is 0 Å². The maximum atomic E-state index is 13.5. The van der Waals surface area contributed by atoms with E-state index in [9.17, 15) is 13.2 Å². The lowest BCUT2D eigenvalue weighted by Gasteiger charge is -2.35. The summed E-state index contributed by atoms with van der Waals surface area (Å²) in [5.74, 6) is 0.371. The highest BCUT2D eigenvalue weighted by molar-refractivity contribution is 7.92. The molecule has 8 nitrogen and oxygen atoms in total. The first-order valence-electron chi connectivity index (χ1n) is 12.0. The SMILES string of the molecule is CCCN1C[C@@H](C)[C@H](OC)CN(C)C(=O)c2cc(NS(=O)(=O)c3ccccc3)ccc2OC[C@@H]1C. The molecule has 0 saturated carbocycles. The van der Waals surface area contributed by atoms with Crippen molar-refractivity contribution < 1.29 is 22.7 Å². The molecular formula is C26H37N3O5S. The van der Waals surface area contributed by atoms with Gasteiger partial charge in [-0.3, -0.25) is 14.4 Å². The lowest BCUT2D eigenvalue weighted by atomic mass is 10.0. The zero-order chi connectivity index (χ0) is 25.6. The van der Waals surface area contributed by atoms with Crippen molar-refractivity contribution in [1.82, 2.24) is 9.80 Å². The van der Waals surface area contributed by atoms with E-state index in [1.54, 1.807) is 55.5 Å². The molecule has 1 aliphatic rings. The van der Waals surface area contributed by atoms with Gasteiger partial charge in [0, 0.05) is 39.0 Å². The van der Waals surface area contributed by atoms with Crippen molar-refractivity contribution in [1.29, 1.82) is 0 Å². The smallest absolute Gasteiger partial charge is 0.261 e. The van der Waals surface area contributed by atoms with Crippen molar-refractivity contribution in [2.45, 2.75) is 44.2 Å². The maximum absolute atomic E-state index is 13.5. The third-order valence-electron chi connectivity index (χ3n) is 6.39. The summed E-state index contributed by atoms with van der Waals surface area (Å²) in [5.41, 5.74) is 0.598. The highest BCUT2D eigenvalue weighted by atomic mass is 32.2. The number of benzene rings is 2. The number of amides is 1. The molecule has 0 unspecified atom stereocenters. The molecular weight excluding hydrogens is 466 g/mol. The standard InChI is InChI=1S/C26H37N3O5S/c1-6-14-29-16-19(2)25(33-5)17-28(4)26(30)23-15-21(12-13-24(23)34-18-20(29)3)27-35(31,32)22-10-8-7-9-11-22/h7-13,15,19-20,25,27H,6,14,16-18H2,1-5H3/t19-,20+,25-/m1/s1. The Morgan fingerprint density at radius 2 is 1.83 bits per heavy atom. The number of likely N-dealkylation sites (N-methyl/N-ethyl adjacent to an activating group) is 1. The molecule has 1 amide bonds. The number of hydrogen-bond acceptors (Lipinski definition) is 6. The topological polar surface area (TPSA) is 88.2 Å². The van der Waals surface area contributed by atoms with Crippen LogP contribution in [0.15, 0.2) is 53.4 Å². The molecule has 35 heavy (non-hydrogen) atoms. The zero-order valence-electron chi connectivity index (χ0n) is 21.2. The predicted octanol–water partition coefficient (Wildman–Crippen LogP) is 3.70. The molecule has 0 fully saturated rings. The van der Waals surface area contributed by atoms with Gasteiger partial charge < -0.3 is 14.4 Å². The van der Waals surface area contributed by atoms with E-state index in [0.717, 1.165) is 19.5 Å². The van der Waals surface area contributed by atoms with Gasteiger partial charge in [-0.2, -0.15) is 0 Å². The number of nitrogens with one attached hydrogen (secondary N) is 1. The predicted molar refractivity (Wildman–Crippen MR) is 137 cm³/mol. The number of hydrogen-bond donors (Lipinski definition) is 1. The first-order valence-corrected chi connectivity index (χ1v) is 13.5. The van der Waals surface area contributed by atoms with Gasteiger partial charge in [0.25, 0.3) is 15.9 Å². The first-order chi connectivity index (χ1) is 16.7. The summed E-state index contributed by atoms with van der Waals surface area (Å²) < 4.78 is 40.1. The van der Waals surface area contributed by atoms with Crippen molar-refractivity contribution in [3.63, 3.8) is 0 Å². The molecule has 3 rings (SSSR count). The zero-order valence-corrected chi connectivity index (χ0v) is 22.0. The summed E-state index contributed by atoms with van der Waals surface area (Å²) in [5, 5.41) is 0. The van der Waals surface area contributed by atoms with Crippen molar-refractivity contribution in [2.24, 2.45) is 5.92 Å². The summed E-state index contributed by atoms with van der Waals surface area (Å²) in [6.07, 6.45) is 0.883. The Bertz CT molecular complexity index is 1090. The number of anilines is 1. The van der Waals surface area contributed by atoms with Gasteiger partial charge in [0.1, 0.15) is 12.4 Å². The monoisotopic (exact) mass is 503 g/mol. The number of carbonyl (C=O) groups excluding carboxylic acids is 1. The molecule has 3 atom stereocenters. The lowest BCUT2D eigenvalue weighted by molar-refractivity contribution is 0.0108. The number of carbonyl (C=O) groups is 1. The second-order valence-corrected chi connectivity index (χ2v) is 10.9. The van der Waals surface area contributed by atoms with E-state index in [1.165, 1.54) is 12.1 Å². The maximum Gasteiger partial charge on any atom is 0.261 e. The van der Waals surface area contributed by atoms with E-state index in [1.807, 2.05) is 0 Å². The average molecular weight is 504 g/mol. The Morgan fingerprint density at radius 3 is 2.49 bits per heavy atom. The van der Waals surface area contributed by atoms with E-state index in [2.05, 4.69) is 30.4 Å². The Balaban J connectivity index is 1.96. The van der Waals surface area contributed by atoms with E-state index >= 15 is 0 Å². The number of nitrogens with zero attached hydrogens (tertiary/aromatic N) is 2. The summed E-state index contributed by atoms with van der Waals surface area (Å²) in [6.45, 7) is 9.00. The van der Waals surface area contributed by atoms with Crippen molar-refractivity contribution in [3.05, 3.63) is 54.1 Å². The largest absolute Gasteiger partial charge is 0.491 e. The molecule has 2 aromatic rings. The number of sulfonamides is 1. The molecule has 9 heteroatoms. The third kappa shape index (κ3) is 6.74. The molecule has 0 saturated heterocycles. The van der Waals surface area contributed by atoms with Gasteiger partial charge in [-0.1, -0.05) is 32.0 Å². The minimum Gasteiger partial charge on any atom is -0.491 e. The fourth-order valence-electron chi connectivity index (χ4n) is 4.33. The minimum atomic E-state index is -3.80. The second kappa shape index (κ2) is 11.9. The summed E-state index contributed by atoms with van der Waals surface area (Å²) in [7, 11) is -0.397. The van der Waals surface area contributed by atoms with Gasteiger partial charge in [0.15, 0.2) is 0 Å². The molecule has 2 aromatic carbocycles. The molecule has 0 bridgehead atoms. The molecule has 0 aliphatic carbocycles. The highest BCUT2D eigenvalue weighted by Gasteiger charge is 2.28. The third-order valence-corrected chi connectivity index (χ3v) is 7.79. The average Bonchev–Trinajstić information content (AvgIpc) is 2.85. The number of rotatable bonds is 6. The van der Waals surface area contributed by atoms with E-state index in [-0.39, 0.29) is 28.9 Å². The van der Waals surface area contributed by atoms with Crippen LogP contribution in [0.3, 0.4) is 0 Å². The van der Waals surface area contributed by atoms with Gasteiger partial charge in [0.05, 0.1) is 16.6 Å². The first kappa shape index (κ1) is 27.0. The normalized spacial score (nSPS) is 22.5. The van der Waals surface area contributed by atoms with Crippen LogP contribution in [-0.2, 0) is 14.8 Å². The second-order valence-electron chi connectivity index (χ2n) is 9.22. The summed E-state index contributed by atoms with van der Waals surface area (Å²) in [4.78, 5) is 17.6. The molecule has 1 N–H and O–H groups in total. The van der Waals surface area contributed by atoms with E-state index in [0.29, 0.717) is 30.2 Å². The number of methoxy groups -OCH3 is 1. The van der Waals surface area contributed by atoms with Crippen molar-refractivity contribution in [3.8, 4) is 5.75 Å². The Kier molecular flexibility index (Phi) is 9.15. The molecule has 192 valence electrons. The summed E-state index contributed by atoms with van der Waals surface area (Å²) in [6, 6.07) is 13.1. The van der Waals surface area contributed by atoms with Gasteiger partial charge >= 0.3 is 0 Å². The van der Waals surface area contributed by atoms with Crippen LogP contribution in [0.4, 0.5) is 5.69 Å². The summed E-state index contributed by atoms with van der Waals surface area (Å²) >= 11 is 0. The molecule has 0 spiro atoms. The highest BCUT2D eigenvalue weighted by Crippen LogP contribution is 2.27. The lowest BCUT2D eigenvalue weighted by Crippen LogP contribution is -2.46. The van der Waals surface area contributed by atoms with Crippen molar-refractivity contribution in [2.75, 3.05) is 45.1 Å². The van der Waals surface area contributed by atoms with Gasteiger partial charge in [0.2, 0.25) is 0 Å². The molecule has 0 aromatic heterocycles. The van der Waals surface area contributed by atoms with Crippen LogP contribution in [0.25, 0.3) is 0 Å². The molecule has 1 aliphatic heterocycles.